The zero-order chi connectivity index (χ0) is 11.5. The first-order valence-electron chi connectivity index (χ1n) is 4.43. The lowest BCUT2D eigenvalue weighted by atomic mass is 10.2. The Bertz CT molecular complexity index is 384. The van der Waals surface area contributed by atoms with Crippen LogP contribution in [0.2, 0.25) is 0 Å². The molecule has 0 saturated carbocycles. The Morgan fingerprint density at radius 1 is 1.33 bits per heavy atom. The van der Waals surface area contributed by atoms with Crippen molar-refractivity contribution >= 4 is 0 Å². The molecule has 0 aliphatic carbocycles. The minimum atomic E-state index is -4.42. The van der Waals surface area contributed by atoms with Crippen LogP contribution in [0.3, 0.4) is 0 Å². The van der Waals surface area contributed by atoms with E-state index < -0.39 is 17.3 Å². The standard InChI is InChI=1S/C9H11F3N2O/c10-9(11,12)7-2-3-8(15)14(6-7)5-1-4-13/h2-3,6H,1,4-5,13H2. The van der Waals surface area contributed by atoms with Gasteiger partial charge in [0.05, 0.1) is 5.56 Å². The number of pyridine rings is 1. The molecule has 0 radical (unpaired) electrons. The van der Waals surface area contributed by atoms with E-state index in [1.807, 2.05) is 0 Å². The second kappa shape index (κ2) is 4.48. The second-order valence-corrected chi connectivity index (χ2v) is 3.09. The maximum absolute atomic E-state index is 12.3. The summed E-state index contributed by atoms with van der Waals surface area (Å²) in [6, 6.07) is 1.70. The molecular weight excluding hydrogens is 209 g/mol. The summed E-state index contributed by atoms with van der Waals surface area (Å²) < 4.78 is 37.9. The smallest absolute Gasteiger partial charge is 0.330 e. The number of nitrogens with zero attached hydrogens (tertiary/aromatic N) is 1. The van der Waals surface area contributed by atoms with Crippen molar-refractivity contribution in [3.63, 3.8) is 0 Å². The number of alkyl halides is 3. The number of hydrogen-bond donors (Lipinski definition) is 1. The first-order valence-corrected chi connectivity index (χ1v) is 4.43. The summed E-state index contributed by atoms with van der Waals surface area (Å²) in [6.45, 7) is 0.544. The lowest BCUT2D eigenvalue weighted by Gasteiger charge is -2.09. The van der Waals surface area contributed by atoms with E-state index in [2.05, 4.69) is 0 Å². The summed E-state index contributed by atoms with van der Waals surface area (Å²) in [5, 5.41) is 0. The maximum Gasteiger partial charge on any atom is 0.417 e. The van der Waals surface area contributed by atoms with Crippen LogP contribution in [-0.2, 0) is 12.7 Å². The Hall–Kier alpha value is -1.30. The largest absolute Gasteiger partial charge is 0.417 e. The Balaban J connectivity index is 3.01. The van der Waals surface area contributed by atoms with Crippen molar-refractivity contribution in [2.45, 2.75) is 19.1 Å². The van der Waals surface area contributed by atoms with Gasteiger partial charge in [-0.25, -0.2) is 0 Å². The highest BCUT2D eigenvalue weighted by atomic mass is 19.4. The molecule has 0 aliphatic rings. The molecule has 0 amide bonds. The molecule has 0 bridgehead atoms. The Kier molecular flexibility index (Phi) is 3.52. The summed E-state index contributed by atoms with van der Waals surface area (Å²) in [6.07, 6.45) is -3.13. The molecule has 0 spiro atoms. The van der Waals surface area contributed by atoms with E-state index in [0.717, 1.165) is 22.9 Å². The van der Waals surface area contributed by atoms with Gasteiger partial charge in [0, 0.05) is 18.8 Å². The van der Waals surface area contributed by atoms with E-state index in [-0.39, 0.29) is 6.54 Å². The van der Waals surface area contributed by atoms with Crippen LogP contribution in [0.5, 0.6) is 0 Å². The molecule has 0 fully saturated rings. The fourth-order valence-electron chi connectivity index (χ4n) is 1.14. The highest BCUT2D eigenvalue weighted by Crippen LogP contribution is 2.27. The second-order valence-electron chi connectivity index (χ2n) is 3.09. The van der Waals surface area contributed by atoms with Gasteiger partial charge < -0.3 is 10.3 Å². The third-order valence-corrected chi connectivity index (χ3v) is 1.91. The van der Waals surface area contributed by atoms with Gasteiger partial charge in [0.2, 0.25) is 0 Å². The zero-order valence-corrected chi connectivity index (χ0v) is 7.92. The number of halogens is 3. The Morgan fingerprint density at radius 3 is 2.53 bits per heavy atom. The van der Waals surface area contributed by atoms with E-state index in [4.69, 9.17) is 5.73 Å². The zero-order valence-electron chi connectivity index (χ0n) is 7.92. The minimum Gasteiger partial charge on any atom is -0.330 e. The third kappa shape index (κ3) is 3.09. The number of aromatic nitrogens is 1. The molecule has 1 rings (SSSR count). The van der Waals surface area contributed by atoms with Crippen LogP contribution in [0, 0.1) is 0 Å². The fraction of sp³-hybridized carbons (Fsp3) is 0.444. The van der Waals surface area contributed by atoms with Gasteiger partial charge in [0.1, 0.15) is 0 Å². The van der Waals surface area contributed by atoms with Gasteiger partial charge in [-0.15, -0.1) is 0 Å². The number of nitrogens with two attached hydrogens (primary N) is 1. The van der Waals surface area contributed by atoms with Crippen molar-refractivity contribution in [2.75, 3.05) is 6.54 Å². The summed E-state index contributed by atoms with van der Waals surface area (Å²) >= 11 is 0. The van der Waals surface area contributed by atoms with Crippen LogP contribution in [0.1, 0.15) is 12.0 Å². The molecule has 0 saturated heterocycles. The monoisotopic (exact) mass is 220 g/mol. The van der Waals surface area contributed by atoms with E-state index in [1.165, 1.54) is 0 Å². The molecule has 3 nitrogen and oxygen atoms in total. The highest BCUT2D eigenvalue weighted by Gasteiger charge is 2.30. The van der Waals surface area contributed by atoms with Crippen molar-refractivity contribution in [3.8, 4) is 0 Å². The van der Waals surface area contributed by atoms with Crippen LogP contribution in [-0.4, -0.2) is 11.1 Å². The molecule has 6 heteroatoms. The fourth-order valence-corrected chi connectivity index (χ4v) is 1.14. The van der Waals surface area contributed by atoms with Crippen LogP contribution < -0.4 is 11.3 Å². The molecular formula is C9H11F3N2O. The molecule has 0 aromatic carbocycles. The van der Waals surface area contributed by atoms with Gasteiger partial charge in [-0.3, -0.25) is 4.79 Å². The summed E-state index contributed by atoms with van der Waals surface area (Å²) in [4.78, 5) is 11.2. The summed E-state index contributed by atoms with van der Waals surface area (Å²) in [7, 11) is 0. The lowest BCUT2D eigenvalue weighted by molar-refractivity contribution is -0.138. The molecule has 1 heterocycles. The molecule has 0 unspecified atom stereocenters. The summed E-state index contributed by atoms with van der Waals surface area (Å²) in [5.74, 6) is 0. The van der Waals surface area contributed by atoms with Crippen molar-refractivity contribution in [2.24, 2.45) is 5.73 Å². The van der Waals surface area contributed by atoms with Crippen LogP contribution in [0.4, 0.5) is 13.2 Å². The van der Waals surface area contributed by atoms with Gasteiger partial charge in [0.15, 0.2) is 0 Å². The Labute approximate surface area is 84.3 Å². The summed E-state index contributed by atoms with van der Waals surface area (Å²) in [5.41, 5.74) is 3.94. The average Bonchev–Trinajstić information content (AvgIpc) is 2.15. The number of hydrogen-bond acceptors (Lipinski definition) is 2. The normalized spacial score (nSPS) is 11.7. The highest BCUT2D eigenvalue weighted by molar-refractivity contribution is 5.13. The SMILES string of the molecule is NCCCn1cc(C(F)(F)F)ccc1=O. The minimum absolute atomic E-state index is 0.208. The maximum atomic E-state index is 12.3. The molecule has 0 atom stereocenters. The Morgan fingerprint density at radius 2 is 2.00 bits per heavy atom. The predicted molar refractivity (Wildman–Crippen MR) is 49.4 cm³/mol. The van der Waals surface area contributed by atoms with Crippen LogP contribution >= 0.6 is 0 Å². The third-order valence-electron chi connectivity index (χ3n) is 1.91. The number of rotatable bonds is 3. The molecule has 84 valence electrons. The van der Waals surface area contributed by atoms with E-state index >= 15 is 0 Å². The molecule has 2 N–H and O–H groups in total. The van der Waals surface area contributed by atoms with Crippen LogP contribution in [0.25, 0.3) is 0 Å². The van der Waals surface area contributed by atoms with Gasteiger partial charge in [-0.1, -0.05) is 0 Å². The van der Waals surface area contributed by atoms with Gasteiger partial charge in [-0.2, -0.15) is 13.2 Å². The molecule has 15 heavy (non-hydrogen) atoms. The first-order chi connectivity index (χ1) is 6.95. The van der Waals surface area contributed by atoms with Crippen molar-refractivity contribution in [1.82, 2.24) is 4.57 Å². The molecule has 1 aromatic heterocycles. The quantitative estimate of drug-likeness (QED) is 0.832. The average molecular weight is 220 g/mol. The van der Waals surface area contributed by atoms with E-state index in [1.54, 1.807) is 0 Å². The van der Waals surface area contributed by atoms with E-state index in [9.17, 15) is 18.0 Å². The van der Waals surface area contributed by atoms with Crippen molar-refractivity contribution in [3.05, 3.63) is 34.2 Å². The van der Waals surface area contributed by atoms with Crippen molar-refractivity contribution in [1.29, 1.82) is 0 Å². The number of aryl methyl sites for hydroxylation is 1. The van der Waals surface area contributed by atoms with Gasteiger partial charge in [-0.05, 0) is 19.0 Å². The van der Waals surface area contributed by atoms with E-state index in [0.29, 0.717) is 13.0 Å². The van der Waals surface area contributed by atoms with Crippen molar-refractivity contribution < 1.29 is 13.2 Å². The molecule has 1 aromatic rings. The van der Waals surface area contributed by atoms with Gasteiger partial charge in [0.25, 0.3) is 5.56 Å². The predicted octanol–water partition coefficient (Wildman–Crippen LogP) is 1.22. The first kappa shape index (κ1) is 11.8. The topological polar surface area (TPSA) is 48.0 Å². The van der Waals surface area contributed by atoms with Crippen LogP contribution in [0.15, 0.2) is 23.1 Å². The molecule has 0 aliphatic heterocycles. The van der Waals surface area contributed by atoms with Gasteiger partial charge >= 0.3 is 6.18 Å². The lowest BCUT2D eigenvalue weighted by Crippen LogP contribution is -2.22.